The van der Waals surface area contributed by atoms with E-state index in [0.717, 1.165) is 18.4 Å². The molecular formula is C20H27NO5. The lowest BCUT2D eigenvalue weighted by atomic mass is 9.93. The smallest absolute Gasteiger partial charge is 0.303 e. The molecule has 0 aliphatic carbocycles. The lowest BCUT2D eigenvalue weighted by Crippen LogP contribution is -2.40. The van der Waals surface area contributed by atoms with Gasteiger partial charge in [-0.25, -0.2) is 0 Å². The molecule has 1 aliphatic rings. The molecule has 1 N–H and O–H groups in total. The van der Waals surface area contributed by atoms with Crippen molar-refractivity contribution >= 4 is 11.9 Å². The molecule has 1 aromatic rings. The Morgan fingerprint density at radius 3 is 2.73 bits per heavy atom. The number of carboxylic acid groups (broad SMARTS) is 1. The molecule has 0 aromatic heterocycles. The predicted octanol–water partition coefficient (Wildman–Crippen LogP) is 3.15. The molecule has 0 radical (unpaired) electrons. The Balaban J connectivity index is 2.21. The van der Waals surface area contributed by atoms with Crippen LogP contribution >= 0.6 is 0 Å². The van der Waals surface area contributed by atoms with E-state index in [0.29, 0.717) is 43.0 Å². The number of hydrogen-bond acceptors (Lipinski definition) is 4. The summed E-state index contributed by atoms with van der Waals surface area (Å²) in [5, 5.41) is 8.87. The highest BCUT2D eigenvalue weighted by Gasteiger charge is 2.26. The first kappa shape index (κ1) is 19.8. The highest BCUT2D eigenvalue weighted by atomic mass is 16.5. The molecule has 1 atom stereocenters. The highest BCUT2D eigenvalue weighted by molar-refractivity contribution is 5.95. The molecule has 1 fully saturated rings. The molecule has 2 rings (SSSR count). The first-order valence-electron chi connectivity index (χ1n) is 8.87. The van der Waals surface area contributed by atoms with Gasteiger partial charge in [0, 0.05) is 30.6 Å². The summed E-state index contributed by atoms with van der Waals surface area (Å²) in [5.74, 6) is 0.520. The van der Waals surface area contributed by atoms with Crippen molar-refractivity contribution in [1.29, 1.82) is 0 Å². The molecule has 1 aliphatic heterocycles. The second-order valence-corrected chi connectivity index (χ2v) is 6.56. The molecule has 1 amide bonds. The van der Waals surface area contributed by atoms with Crippen LogP contribution in [0.3, 0.4) is 0 Å². The van der Waals surface area contributed by atoms with Crippen molar-refractivity contribution in [2.45, 2.75) is 32.1 Å². The van der Waals surface area contributed by atoms with E-state index >= 15 is 0 Å². The van der Waals surface area contributed by atoms with Crippen LogP contribution < -0.4 is 9.47 Å². The number of benzene rings is 1. The number of likely N-dealkylation sites (tertiary alicyclic amines) is 1. The molecular weight excluding hydrogens is 334 g/mol. The Morgan fingerprint density at radius 1 is 1.35 bits per heavy atom. The van der Waals surface area contributed by atoms with Gasteiger partial charge in [0.25, 0.3) is 5.91 Å². The number of allylic oxidation sites excluding steroid dienone is 1. The van der Waals surface area contributed by atoms with E-state index < -0.39 is 5.97 Å². The minimum absolute atomic E-state index is 0.0590. The average Bonchev–Trinajstić information content (AvgIpc) is 2.65. The molecule has 1 unspecified atom stereocenters. The van der Waals surface area contributed by atoms with Gasteiger partial charge in [0.15, 0.2) is 11.5 Å². The zero-order chi connectivity index (χ0) is 19.1. The minimum Gasteiger partial charge on any atom is -0.493 e. The second kappa shape index (κ2) is 9.27. The lowest BCUT2D eigenvalue weighted by molar-refractivity contribution is -0.137. The van der Waals surface area contributed by atoms with Gasteiger partial charge >= 0.3 is 5.97 Å². The number of methoxy groups -OCH3 is 2. The van der Waals surface area contributed by atoms with Crippen molar-refractivity contribution in [1.82, 2.24) is 4.90 Å². The SMILES string of the molecule is C=CCc1cc(C(=O)N2CCCC(CCC(=O)O)C2)cc(OC)c1OC. The molecule has 1 aromatic carbocycles. The Morgan fingerprint density at radius 2 is 2.12 bits per heavy atom. The van der Waals surface area contributed by atoms with E-state index in [1.165, 1.54) is 0 Å². The summed E-state index contributed by atoms with van der Waals surface area (Å²) in [4.78, 5) is 25.6. The summed E-state index contributed by atoms with van der Waals surface area (Å²) in [5.41, 5.74) is 1.41. The van der Waals surface area contributed by atoms with Crippen molar-refractivity contribution in [2.75, 3.05) is 27.3 Å². The van der Waals surface area contributed by atoms with E-state index in [-0.39, 0.29) is 18.2 Å². The number of carboxylic acids is 1. The molecule has 1 saturated heterocycles. The summed E-state index contributed by atoms with van der Waals surface area (Å²) >= 11 is 0. The lowest BCUT2D eigenvalue weighted by Gasteiger charge is -2.33. The Bertz CT molecular complexity index is 670. The van der Waals surface area contributed by atoms with Crippen LogP contribution in [0, 0.1) is 5.92 Å². The van der Waals surface area contributed by atoms with Crippen molar-refractivity contribution in [3.8, 4) is 11.5 Å². The van der Waals surface area contributed by atoms with Crippen LogP contribution in [0.25, 0.3) is 0 Å². The first-order valence-corrected chi connectivity index (χ1v) is 8.87. The third-order valence-corrected chi connectivity index (χ3v) is 4.74. The van der Waals surface area contributed by atoms with E-state index in [2.05, 4.69) is 6.58 Å². The zero-order valence-electron chi connectivity index (χ0n) is 15.5. The maximum absolute atomic E-state index is 13.0. The highest BCUT2D eigenvalue weighted by Crippen LogP contribution is 2.34. The fourth-order valence-corrected chi connectivity index (χ4v) is 3.47. The van der Waals surface area contributed by atoms with Gasteiger partial charge in [-0.3, -0.25) is 9.59 Å². The monoisotopic (exact) mass is 361 g/mol. The van der Waals surface area contributed by atoms with E-state index in [1.54, 1.807) is 26.4 Å². The summed E-state index contributed by atoms with van der Waals surface area (Å²) in [6, 6.07) is 3.53. The number of aliphatic carboxylic acids is 1. The van der Waals surface area contributed by atoms with Gasteiger partial charge in [0.2, 0.25) is 0 Å². The van der Waals surface area contributed by atoms with Crippen LogP contribution in [0.4, 0.5) is 0 Å². The standard InChI is InChI=1S/C20H27NO5/c1-4-6-15-11-16(12-17(25-2)19(15)26-3)20(24)21-10-5-7-14(13-21)8-9-18(22)23/h4,11-12,14H,1,5-10,13H2,2-3H3,(H,22,23). The Labute approximate surface area is 154 Å². The molecule has 26 heavy (non-hydrogen) atoms. The van der Waals surface area contributed by atoms with E-state index in [9.17, 15) is 9.59 Å². The molecule has 1 heterocycles. The topological polar surface area (TPSA) is 76.1 Å². The fourth-order valence-electron chi connectivity index (χ4n) is 3.47. The normalized spacial score (nSPS) is 16.8. The molecule has 142 valence electrons. The average molecular weight is 361 g/mol. The number of carbonyl (C=O) groups is 2. The van der Waals surface area contributed by atoms with Crippen molar-refractivity contribution in [2.24, 2.45) is 5.92 Å². The molecule has 0 saturated carbocycles. The van der Waals surface area contributed by atoms with Gasteiger partial charge in [0.1, 0.15) is 0 Å². The molecule has 6 nitrogen and oxygen atoms in total. The van der Waals surface area contributed by atoms with Crippen LogP contribution in [0.15, 0.2) is 24.8 Å². The minimum atomic E-state index is -0.789. The van der Waals surface area contributed by atoms with E-state index in [4.69, 9.17) is 14.6 Å². The summed E-state index contributed by atoms with van der Waals surface area (Å²) in [7, 11) is 3.12. The van der Waals surface area contributed by atoms with Gasteiger partial charge in [-0.1, -0.05) is 6.08 Å². The van der Waals surface area contributed by atoms with Crippen LogP contribution in [-0.4, -0.2) is 49.2 Å². The third-order valence-electron chi connectivity index (χ3n) is 4.74. The van der Waals surface area contributed by atoms with Crippen LogP contribution in [0.2, 0.25) is 0 Å². The fraction of sp³-hybridized carbons (Fsp3) is 0.500. The quantitative estimate of drug-likeness (QED) is 0.720. The number of rotatable bonds is 8. The van der Waals surface area contributed by atoms with Gasteiger partial charge in [0.05, 0.1) is 14.2 Å². The third kappa shape index (κ3) is 4.77. The molecule has 0 spiro atoms. The Kier molecular flexibility index (Phi) is 7.06. The maximum atomic E-state index is 13.0. The number of ether oxygens (including phenoxy) is 2. The van der Waals surface area contributed by atoms with Crippen LogP contribution in [-0.2, 0) is 11.2 Å². The van der Waals surface area contributed by atoms with Crippen molar-refractivity contribution < 1.29 is 24.2 Å². The summed E-state index contributed by atoms with van der Waals surface area (Å²) in [6.07, 6.45) is 4.93. The number of nitrogens with zero attached hydrogens (tertiary/aromatic N) is 1. The van der Waals surface area contributed by atoms with Crippen LogP contribution in [0.5, 0.6) is 11.5 Å². The summed E-state index contributed by atoms with van der Waals surface area (Å²) < 4.78 is 10.8. The predicted molar refractivity (Wildman–Crippen MR) is 98.9 cm³/mol. The summed E-state index contributed by atoms with van der Waals surface area (Å²) in [6.45, 7) is 5.04. The zero-order valence-corrected chi connectivity index (χ0v) is 15.5. The number of hydrogen-bond donors (Lipinski definition) is 1. The molecule has 0 bridgehead atoms. The van der Waals surface area contributed by atoms with Crippen molar-refractivity contribution in [3.05, 3.63) is 35.9 Å². The number of piperidine rings is 1. The maximum Gasteiger partial charge on any atom is 0.303 e. The molecule has 6 heteroatoms. The van der Waals surface area contributed by atoms with Gasteiger partial charge in [-0.2, -0.15) is 0 Å². The first-order chi connectivity index (χ1) is 12.5. The second-order valence-electron chi connectivity index (χ2n) is 6.56. The van der Waals surface area contributed by atoms with E-state index in [1.807, 2.05) is 11.0 Å². The van der Waals surface area contributed by atoms with Crippen molar-refractivity contribution in [3.63, 3.8) is 0 Å². The van der Waals surface area contributed by atoms with Crippen LogP contribution in [0.1, 0.15) is 41.6 Å². The Hall–Kier alpha value is -2.50. The number of amides is 1. The van der Waals surface area contributed by atoms with Gasteiger partial charge in [-0.15, -0.1) is 6.58 Å². The number of carbonyl (C=O) groups excluding carboxylic acids is 1. The largest absolute Gasteiger partial charge is 0.493 e. The van der Waals surface area contributed by atoms with Gasteiger partial charge < -0.3 is 19.5 Å². The van der Waals surface area contributed by atoms with Gasteiger partial charge in [-0.05, 0) is 43.7 Å².